The first kappa shape index (κ1) is 17.1. The maximum atomic E-state index is 12.6. The van der Waals surface area contributed by atoms with Crippen LogP contribution in [0.1, 0.15) is 38.3 Å². The lowest BCUT2D eigenvalue weighted by molar-refractivity contribution is -0.123. The van der Waals surface area contributed by atoms with Crippen molar-refractivity contribution >= 4 is 16.9 Å². The predicted molar refractivity (Wildman–Crippen MR) is 96.1 cm³/mol. The molecule has 7 heteroatoms. The summed E-state index contributed by atoms with van der Waals surface area (Å²) in [6.45, 7) is 6.77. The number of para-hydroxylation sites is 2. The summed E-state index contributed by atoms with van der Waals surface area (Å²) in [4.78, 5) is 17.4. The number of amides is 1. The number of hydrogen-bond donors (Lipinski definition) is 2. The fourth-order valence-corrected chi connectivity index (χ4v) is 2.96. The van der Waals surface area contributed by atoms with Gasteiger partial charge in [-0.3, -0.25) is 4.79 Å². The Balaban J connectivity index is 1.77. The highest BCUT2D eigenvalue weighted by atomic mass is 16.2. The molecule has 0 fully saturated rings. The SMILES string of the molecule is CC(C)Cc1nc2ccccc2n1[C@@H](C)C(=O)NCCc1cn[nH]n1. The summed E-state index contributed by atoms with van der Waals surface area (Å²) in [6, 6.07) is 7.64. The van der Waals surface area contributed by atoms with E-state index in [0.717, 1.165) is 29.0 Å². The van der Waals surface area contributed by atoms with Crippen molar-refractivity contribution in [1.29, 1.82) is 0 Å². The minimum absolute atomic E-state index is 0.0170. The van der Waals surface area contributed by atoms with E-state index >= 15 is 0 Å². The summed E-state index contributed by atoms with van der Waals surface area (Å²) in [5.41, 5.74) is 2.76. The monoisotopic (exact) mass is 340 g/mol. The Hall–Kier alpha value is -2.70. The fourth-order valence-electron chi connectivity index (χ4n) is 2.96. The lowest BCUT2D eigenvalue weighted by Gasteiger charge is -2.18. The quantitative estimate of drug-likeness (QED) is 0.690. The molecule has 3 rings (SSSR count). The number of carbonyl (C=O) groups is 1. The van der Waals surface area contributed by atoms with Crippen molar-refractivity contribution in [3.05, 3.63) is 42.0 Å². The fraction of sp³-hybridized carbons (Fsp3) is 0.444. The third-order valence-corrected chi connectivity index (χ3v) is 4.17. The van der Waals surface area contributed by atoms with Crippen LogP contribution in [-0.4, -0.2) is 37.4 Å². The lowest BCUT2D eigenvalue weighted by atomic mass is 10.1. The maximum absolute atomic E-state index is 12.6. The molecule has 0 aliphatic heterocycles. The van der Waals surface area contributed by atoms with Crippen LogP contribution in [0.3, 0.4) is 0 Å². The number of aromatic nitrogens is 5. The summed E-state index contributed by atoms with van der Waals surface area (Å²) < 4.78 is 2.06. The number of imidazole rings is 1. The second-order valence-corrected chi connectivity index (χ2v) is 6.66. The van der Waals surface area contributed by atoms with E-state index < -0.39 is 0 Å². The van der Waals surface area contributed by atoms with E-state index in [9.17, 15) is 4.79 Å². The number of aromatic amines is 1. The molecule has 132 valence electrons. The Labute approximate surface area is 146 Å². The van der Waals surface area contributed by atoms with Gasteiger partial charge in [0.2, 0.25) is 5.91 Å². The van der Waals surface area contributed by atoms with Crippen molar-refractivity contribution in [3.8, 4) is 0 Å². The Morgan fingerprint density at radius 3 is 2.80 bits per heavy atom. The minimum atomic E-state index is -0.321. The molecule has 1 amide bonds. The van der Waals surface area contributed by atoms with E-state index in [4.69, 9.17) is 4.98 Å². The van der Waals surface area contributed by atoms with Gasteiger partial charge >= 0.3 is 0 Å². The van der Waals surface area contributed by atoms with Crippen LogP contribution in [0.5, 0.6) is 0 Å². The number of rotatable bonds is 7. The highest BCUT2D eigenvalue weighted by molar-refractivity contribution is 5.84. The first-order valence-electron chi connectivity index (χ1n) is 8.64. The number of H-pyrrole nitrogens is 1. The van der Waals surface area contributed by atoms with Crippen LogP contribution in [-0.2, 0) is 17.6 Å². The molecule has 2 N–H and O–H groups in total. The number of carbonyl (C=O) groups excluding carboxylic acids is 1. The minimum Gasteiger partial charge on any atom is -0.354 e. The second-order valence-electron chi connectivity index (χ2n) is 6.66. The molecule has 0 bridgehead atoms. The van der Waals surface area contributed by atoms with Crippen molar-refractivity contribution in [3.63, 3.8) is 0 Å². The standard InChI is InChI=1S/C18H24N6O/c1-12(2)10-17-21-15-6-4-5-7-16(15)24(17)13(3)18(25)19-9-8-14-11-20-23-22-14/h4-7,11-13H,8-10H2,1-3H3,(H,19,25)(H,20,22,23)/t13-/m0/s1. The molecular weight excluding hydrogens is 316 g/mol. The molecule has 0 saturated heterocycles. The molecule has 25 heavy (non-hydrogen) atoms. The van der Waals surface area contributed by atoms with E-state index in [1.165, 1.54) is 0 Å². The van der Waals surface area contributed by atoms with Crippen molar-refractivity contribution in [2.75, 3.05) is 6.54 Å². The van der Waals surface area contributed by atoms with Gasteiger partial charge in [-0.05, 0) is 25.0 Å². The zero-order chi connectivity index (χ0) is 17.8. The van der Waals surface area contributed by atoms with Gasteiger partial charge in [-0.15, -0.1) is 0 Å². The van der Waals surface area contributed by atoms with E-state index in [1.54, 1.807) is 6.20 Å². The maximum Gasteiger partial charge on any atom is 0.242 e. The van der Waals surface area contributed by atoms with Crippen LogP contribution in [0.15, 0.2) is 30.5 Å². The van der Waals surface area contributed by atoms with Crippen molar-refractivity contribution in [1.82, 2.24) is 30.3 Å². The lowest BCUT2D eigenvalue weighted by Crippen LogP contribution is -2.33. The Morgan fingerprint density at radius 2 is 2.08 bits per heavy atom. The number of nitrogens with zero attached hydrogens (tertiary/aromatic N) is 4. The molecule has 0 aliphatic rings. The smallest absolute Gasteiger partial charge is 0.242 e. The second kappa shape index (κ2) is 7.46. The summed E-state index contributed by atoms with van der Waals surface area (Å²) >= 11 is 0. The molecule has 3 aromatic rings. The number of benzene rings is 1. The molecule has 0 aliphatic carbocycles. The van der Waals surface area contributed by atoms with Gasteiger partial charge in [-0.25, -0.2) is 4.98 Å². The molecule has 0 saturated carbocycles. The molecule has 1 aromatic carbocycles. The normalized spacial score (nSPS) is 12.6. The summed E-state index contributed by atoms with van der Waals surface area (Å²) in [5.74, 6) is 1.41. The van der Waals surface area contributed by atoms with E-state index in [0.29, 0.717) is 18.9 Å². The topological polar surface area (TPSA) is 88.5 Å². The average molecular weight is 340 g/mol. The summed E-state index contributed by atoms with van der Waals surface area (Å²) in [7, 11) is 0. The highest BCUT2D eigenvalue weighted by Gasteiger charge is 2.21. The Kier molecular flexibility index (Phi) is 5.11. The van der Waals surface area contributed by atoms with E-state index in [2.05, 4.69) is 39.1 Å². The zero-order valence-electron chi connectivity index (χ0n) is 14.9. The molecule has 0 unspecified atom stereocenters. The van der Waals surface area contributed by atoms with Crippen LogP contribution in [0.4, 0.5) is 0 Å². The van der Waals surface area contributed by atoms with Gasteiger partial charge < -0.3 is 9.88 Å². The third kappa shape index (κ3) is 3.87. The van der Waals surface area contributed by atoms with Gasteiger partial charge in [0.25, 0.3) is 0 Å². The summed E-state index contributed by atoms with van der Waals surface area (Å²) in [6.07, 6.45) is 3.16. The molecule has 2 aromatic heterocycles. The van der Waals surface area contributed by atoms with Gasteiger partial charge in [-0.1, -0.05) is 26.0 Å². The van der Waals surface area contributed by atoms with Gasteiger partial charge in [0.05, 0.1) is 22.9 Å². The van der Waals surface area contributed by atoms with Crippen molar-refractivity contribution in [2.45, 2.75) is 39.7 Å². The van der Waals surface area contributed by atoms with Gasteiger partial charge in [-0.2, -0.15) is 15.4 Å². The molecule has 2 heterocycles. The van der Waals surface area contributed by atoms with Crippen LogP contribution < -0.4 is 5.32 Å². The predicted octanol–water partition coefficient (Wildman–Crippen LogP) is 2.27. The van der Waals surface area contributed by atoms with Crippen LogP contribution in [0.2, 0.25) is 0 Å². The van der Waals surface area contributed by atoms with Crippen molar-refractivity contribution < 1.29 is 4.79 Å². The molecule has 0 radical (unpaired) electrons. The van der Waals surface area contributed by atoms with Gasteiger partial charge in [0.1, 0.15) is 11.9 Å². The number of hydrogen-bond acceptors (Lipinski definition) is 4. The number of nitrogens with one attached hydrogen (secondary N) is 2. The highest BCUT2D eigenvalue weighted by Crippen LogP contribution is 2.23. The van der Waals surface area contributed by atoms with Gasteiger partial charge in [0, 0.05) is 19.4 Å². The Bertz CT molecular complexity index is 837. The Morgan fingerprint density at radius 1 is 1.28 bits per heavy atom. The first-order chi connectivity index (χ1) is 12.1. The zero-order valence-corrected chi connectivity index (χ0v) is 14.9. The first-order valence-corrected chi connectivity index (χ1v) is 8.64. The van der Waals surface area contributed by atoms with Crippen LogP contribution >= 0.6 is 0 Å². The van der Waals surface area contributed by atoms with Crippen LogP contribution in [0, 0.1) is 5.92 Å². The van der Waals surface area contributed by atoms with E-state index in [1.807, 2.05) is 31.2 Å². The average Bonchev–Trinajstić information content (AvgIpc) is 3.20. The largest absolute Gasteiger partial charge is 0.354 e. The van der Waals surface area contributed by atoms with E-state index in [-0.39, 0.29) is 11.9 Å². The third-order valence-electron chi connectivity index (χ3n) is 4.17. The van der Waals surface area contributed by atoms with Crippen molar-refractivity contribution in [2.24, 2.45) is 5.92 Å². The molecular formula is C18H24N6O. The summed E-state index contributed by atoms with van der Waals surface area (Å²) in [5, 5.41) is 13.3. The molecule has 0 spiro atoms. The van der Waals surface area contributed by atoms with Crippen LogP contribution in [0.25, 0.3) is 11.0 Å². The molecule has 1 atom stereocenters. The van der Waals surface area contributed by atoms with Gasteiger partial charge in [0.15, 0.2) is 0 Å². The molecule has 7 nitrogen and oxygen atoms in total. The number of fused-ring (bicyclic) bond motifs is 1.